The van der Waals surface area contributed by atoms with Crippen LogP contribution in [0.1, 0.15) is 5.56 Å². The Morgan fingerprint density at radius 2 is 2.00 bits per heavy atom. The van der Waals surface area contributed by atoms with Crippen LogP contribution < -0.4 is 4.74 Å². The van der Waals surface area contributed by atoms with Crippen molar-refractivity contribution in [2.75, 3.05) is 7.11 Å². The normalized spacial score (nSPS) is 11.0. The maximum absolute atomic E-state index is 13.4. The largest absolute Gasteiger partial charge is 0.481 e. The van der Waals surface area contributed by atoms with Crippen LogP contribution in [0.15, 0.2) is 42.7 Å². The second-order valence-electron chi connectivity index (χ2n) is 5.55. The summed E-state index contributed by atoms with van der Waals surface area (Å²) in [5, 5.41) is 7.15. The van der Waals surface area contributed by atoms with Crippen LogP contribution in [0.25, 0.3) is 33.7 Å². The topological polar surface area (TPSA) is 76.6 Å². The minimum Gasteiger partial charge on any atom is -0.481 e. The maximum Gasteiger partial charge on any atom is 0.222 e. The number of methoxy groups -OCH3 is 1. The zero-order chi connectivity index (χ0) is 17.4. The van der Waals surface area contributed by atoms with E-state index in [0.717, 1.165) is 16.7 Å². The fraction of sp³-hybridized carbons (Fsp3) is 0.111. The van der Waals surface area contributed by atoms with Crippen LogP contribution in [-0.2, 0) is 0 Å². The van der Waals surface area contributed by atoms with Gasteiger partial charge in [0.05, 0.1) is 30.3 Å². The number of hydrogen-bond acceptors (Lipinski definition) is 5. The molecule has 0 bridgehead atoms. The van der Waals surface area contributed by atoms with Crippen LogP contribution in [-0.4, -0.2) is 32.3 Å². The summed E-state index contributed by atoms with van der Waals surface area (Å²) in [6.07, 6.45) is 3.28. The van der Waals surface area contributed by atoms with Gasteiger partial charge in [-0.1, -0.05) is 0 Å². The summed E-state index contributed by atoms with van der Waals surface area (Å²) < 4.78 is 18.7. The Labute approximate surface area is 142 Å². The van der Waals surface area contributed by atoms with Gasteiger partial charge >= 0.3 is 0 Å². The lowest BCUT2D eigenvalue weighted by Gasteiger charge is -2.07. The van der Waals surface area contributed by atoms with Crippen molar-refractivity contribution >= 4 is 11.2 Å². The second kappa shape index (κ2) is 5.94. The number of nitrogens with zero attached hydrogens (tertiary/aromatic N) is 4. The van der Waals surface area contributed by atoms with E-state index in [-0.39, 0.29) is 5.82 Å². The molecule has 0 unspecified atom stereocenters. The van der Waals surface area contributed by atoms with E-state index >= 15 is 0 Å². The Balaban J connectivity index is 1.91. The first-order valence-electron chi connectivity index (χ1n) is 7.64. The number of halogens is 1. The minimum absolute atomic E-state index is 0.281. The van der Waals surface area contributed by atoms with Crippen molar-refractivity contribution in [3.8, 4) is 28.4 Å². The van der Waals surface area contributed by atoms with E-state index < -0.39 is 0 Å². The molecule has 3 aromatic heterocycles. The molecule has 0 radical (unpaired) electrons. The van der Waals surface area contributed by atoms with E-state index in [9.17, 15) is 4.39 Å². The number of H-pyrrole nitrogens is 1. The lowest BCUT2D eigenvalue weighted by molar-refractivity contribution is 0.399. The molecule has 0 atom stereocenters. The molecule has 1 N–H and O–H groups in total. The molecule has 0 amide bonds. The van der Waals surface area contributed by atoms with Gasteiger partial charge in [0, 0.05) is 11.8 Å². The van der Waals surface area contributed by atoms with E-state index in [4.69, 9.17) is 4.74 Å². The van der Waals surface area contributed by atoms with E-state index in [2.05, 4.69) is 25.1 Å². The molecule has 4 aromatic rings. The molecular formula is C18H14FN5O. The number of hydrogen-bond donors (Lipinski definition) is 1. The van der Waals surface area contributed by atoms with Crippen molar-refractivity contribution in [3.63, 3.8) is 0 Å². The molecule has 0 aliphatic rings. The van der Waals surface area contributed by atoms with Crippen molar-refractivity contribution in [2.24, 2.45) is 0 Å². The Kier molecular flexibility index (Phi) is 3.61. The highest BCUT2D eigenvalue weighted by molar-refractivity contribution is 5.89. The van der Waals surface area contributed by atoms with Crippen LogP contribution in [0, 0.1) is 12.7 Å². The van der Waals surface area contributed by atoms with Crippen LogP contribution in [0.5, 0.6) is 5.88 Å². The molecule has 124 valence electrons. The molecule has 0 saturated heterocycles. The van der Waals surface area contributed by atoms with Gasteiger partial charge in [-0.3, -0.25) is 5.10 Å². The number of fused-ring (bicyclic) bond motifs is 1. The van der Waals surface area contributed by atoms with Crippen LogP contribution in [0.4, 0.5) is 4.39 Å². The Hall–Kier alpha value is -3.35. The first kappa shape index (κ1) is 15.2. The SMILES string of the molecule is COc1ncccc1-c1cnc2n[nH]c(-c3ccc(F)cc3C)c2n1. The lowest BCUT2D eigenvalue weighted by atomic mass is 10.1. The summed E-state index contributed by atoms with van der Waals surface area (Å²) in [6, 6.07) is 8.27. The average molecular weight is 335 g/mol. The molecule has 6 nitrogen and oxygen atoms in total. The molecule has 0 aliphatic heterocycles. The van der Waals surface area contributed by atoms with E-state index in [0.29, 0.717) is 28.4 Å². The molecule has 0 spiro atoms. The van der Waals surface area contributed by atoms with Crippen molar-refractivity contribution in [1.29, 1.82) is 0 Å². The zero-order valence-electron chi connectivity index (χ0n) is 13.6. The Morgan fingerprint density at radius 3 is 2.80 bits per heavy atom. The van der Waals surface area contributed by atoms with Crippen molar-refractivity contribution in [1.82, 2.24) is 25.1 Å². The molecule has 1 aromatic carbocycles. The van der Waals surface area contributed by atoms with Gasteiger partial charge in [0.15, 0.2) is 5.65 Å². The van der Waals surface area contributed by atoms with Gasteiger partial charge in [-0.15, -0.1) is 0 Å². The predicted octanol–water partition coefficient (Wildman–Crippen LogP) is 3.54. The van der Waals surface area contributed by atoms with Gasteiger partial charge in [-0.05, 0) is 42.8 Å². The molecule has 3 heterocycles. The number of aryl methyl sites for hydroxylation is 1. The number of nitrogens with one attached hydrogen (secondary N) is 1. The molecular weight excluding hydrogens is 321 g/mol. The van der Waals surface area contributed by atoms with Crippen LogP contribution in [0.2, 0.25) is 0 Å². The van der Waals surface area contributed by atoms with E-state index in [1.165, 1.54) is 12.1 Å². The van der Waals surface area contributed by atoms with E-state index in [1.54, 1.807) is 25.6 Å². The number of aromatic amines is 1. The predicted molar refractivity (Wildman–Crippen MR) is 91.6 cm³/mol. The van der Waals surface area contributed by atoms with E-state index in [1.807, 2.05) is 19.1 Å². The number of ether oxygens (including phenoxy) is 1. The van der Waals surface area contributed by atoms with Gasteiger partial charge < -0.3 is 4.74 Å². The van der Waals surface area contributed by atoms with Gasteiger partial charge in [0.1, 0.15) is 11.3 Å². The Bertz CT molecular complexity index is 1080. The molecule has 0 fully saturated rings. The van der Waals surface area contributed by atoms with Crippen LogP contribution >= 0.6 is 0 Å². The lowest BCUT2D eigenvalue weighted by Crippen LogP contribution is -1.94. The standard InChI is InChI=1S/C18H14FN5O/c1-10-8-11(19)5-6-12(10)15-16-17(24-23-15)21-9-14(22-16)13-4-3-7-20-18(13)25-2/h3-9H,1-2H3,(H,21,23,24). The highest BCUT2D eigenvalue weighted by atomic mass is 19.1. The van der Waals surface area contributed by atoms with Gasteiger partial charge in [0.25, 0.3) is 0 Å². The summed E-state index contributed by atoms with van der Waals surface area (Å²) in [6.45, 7) is 1.84. The van der Waals surface area contributed by atoms with Crippen LogP contribution in [0.3, 0.4) is 0 Å². The molecule has 4 rings (SSSR count). The third-order valence-corrected chi connectivity index (χ3v) is 3.96. The van der Waals surface area contributed by atoms with Crippen molar-refractivity contribution < 1.29 is 9.13 Å². The van der Waals surface area contributed by atoms with Gasteiger partial charge in [-0.2, -0.15) is 5.10 Å². The number of rotatable bonds is 3. The Morgan fingerprint density at radius 1 is 1.12 bits per heavy atom. The number of aromatic nitrogens is 5. The minimum atomic E-state index is -0.281. The summed E-state index contributed by atoms with van der Waals surface area (Å²) >= 11 is 0. The molecule has 7 heteroatoms. The average Bonchev–Trinajstić information content (AvgIpc) is 3.04. The molecule has 0 aliphatic carbocycles. The molecule has 0 saturated carbocycles. The van der Waals surface area contributed by atoms with Gasteiger partial charge in [-0.25, -0.2) is 19.3 Å². The summed E-state index contributed by atoms with van der Waals surface area (Å²) in [5.74, 6) is 0.191. The monoisotopic (exact) mass is 335 g/mol. The third kappa shape index (κ3) is 2.59. The first-order chi connectivity index (χ1) is 12.2. The third-order valence-electron chi connectivity index (χ3n) is 3.96. The maximum atomic E-state index is 13.4. The zero-order valence-corrected chi connectivity index (χ0v) is 13.6. The second-order valence-corrected chi connectivity index (χ2v) is 5.55. The van der Waals surface area contributed by atoms with Crippen molar-refractivity contribution in [2.45, 2.75) is 6.92 Å². The quantitative estimate of drug-likeness (QED) is 0.620. The summed E-state index contributed by atoms with van der Waals surface area (Å²) in [4.78, 5) is 13.2. The first-order valence-corrected chi connectivity index (χ1v) is 7.64. The smallest absolute Gasteiger partial charge is 0.222 e. The number of benzene rings is 1. The highest BCUT2D eigenvalue weighted by Crippen LogP contribution is 2.31. The van der Waals surface area contributed by atoms with Crippen molar-refractivity contribution in [3.05, 3.63) is 54.1 Å². The van der Waals surface area contributed by atoms with Gasteiger partial charge in [0.2, 0.25) is 5.88 Å². The fourth-order valence-corrected chi connectivity index (χ4v) is 2.77. The number of pyridine rings is 1. The summed E-state index contributed by atoms with van der Waals surface area (Å²) in [5.41, 5.74) is 4.78. The highest BCUT2D eigenvalue weighted by Gasteiger charge is 2.15. The molecule has 25 heavy (non-hydrogen) atoms. The fourth-order valence-electron chi connectivity index (χ4n) is 2.77. The summed E-state index contributed by atoms with van der Waals surface area (Å²) in [7, 11) is 1.56.